The van der Waals surface area contributed by atoms with Crippen molar-refractivity contribution in [3.05, 3.63) is 83.8 Å². The summed E-state index contributed by atoms with van der Waals surface area (Å²) in [6, 6.07) is 18.6. The third-order valence-corrected chi connectivity index (χ3v) is 6.15. The molecule has 0 aromatic heterocycles. The second-order valence-corrected chi connectivity index (χ2v) is 8.24. The Morgan fingerprint density at radius 2 is 1.70 bits per heavy atom. The normalized spacial score (nSPS) is 18.1. The van der Waals surface area contributed by atoms with Crippen LogP contribution in [0.15, 0.2) is 67.1 Å². The van der Waals surface area contributed by atoms with Crippen molar-refractivity contribution in [1.29, 1.82) is 0 Å². The van der Waals surface area contributed by atoms with Crippen LogP contribution in [0.3, 0.4) is 0 Å². The fourth-order valence-corrected chi connectivity index (χ4v) is 4.37. The lowest BCUT2D eigenvalue weighted by Gasteiger charge is -2.16. The van der Waals surface area contributed by atoms with Crippen molar-refractivity contribution in [1.82, 2.24) is 4.90 Å². The summed E-state index contributed by atoms with van der Waals surface area (Å²) >= 11 is 0. The molecule has 152 valence electrons. The van der Waals surface area contributed by atoms with Crippen LogP contribution in [0, 0.1) is 6.92 Å². The van der Waals surface area contributed by atoms with Gasteiger partial charge in [-0.3, -0.25) is 4.79 Å². The minimum Gasteiger partial charge on any atom is -0.458 e. The molecule has 3 aromatic rings. The number of carbonyl (C=O) groups excluding carboxylic acids is 1. The quantitative estimate of drug-likeness (QED) is 0.535. The van der Waals surface area contributed by atoms with Gasteiger partial charge < -0.3 is 14.4 Å². The van der Waals surface area contributed by atoms with Gasteiger partial charge in [0.2, 0.25) is 0 Å². The number of ketones is 1. The van der Waals surface area contributed by atoms with Gasteiger partial charge in [-0.15, -0.1) is 0 Å². The molecule has 0 spiro atoms. The van der Waals surface area contributed by atoms with Crippen LogP contribution in [-0.4, -0.2) is 30.3 Å². The first-order valence-corrected chi connectivity index (χ1v) is 10.5. The molecule has 3 aromatic carbocycles. The van der Waals surface area contributed by atoms with E-state index in [1.807, 2.05) is 30.3 Å². The van der Waals surface area contributed by atoms with Gasteiger partial charge in [0.1, 0.15) is 12.5 Å². The van der Waals surface area contributed by atoms with Crippen LogP contribution in [0.4, 0.5) is 0 Å². The van der Waals surface area contributed by atoms with Crippen LogP contribution in [-0.2, 0) is 0 Å². The SMILES string of the molecule is Cc1ccc(C2CCN(CCC(=O)c3ccc4cc5c(cc4c3)OC=CO5)C2)cc1. The van der Waals surface area contributed by atoms with Crippen LogP contribution < -0.4 is 9.47 Å². The van der Waals surface area contributed by atoms with Gasteiger partial charge in [0, 0.05) is 25.1 Å². The van der Waals surface area contributed by atoms with Gasteiger partial charge in [0.15, 0.2) is 17.3 Å². The molecule has 4 heteroatoms. The summed E-state index contributed by atoms with van der Waals surface area (Å²) < 4.78 is 11.0. The number of nitrogens with zero attached hydrogens (tertiary/aromatic N) is 1. The highest BCUT2D eigenvalue weighted by molar-refractivity contribution is 6.00. The highest BCUT2D eigenvalue weighted by Crippen LogP contribution is 2.35. The van der Waals surface area contributed by atoms with Crippen LogP contribution in [0.1, 0.15) is 40.2 Å². The highest BCUT2D eigenvalue weighted by Gasteiger charge is 2.24. The Morgan fingerprint density at radius 1 is 0.967 bits per heavy atom. The largest absolute Gasteiger partial charge is 0.458 e. The summed E-state index contributed by atoms with van der Waals surface area (Å²) in [5.41, 5.74) is 3.46. The number of carbonyl (C=O) groups is 1. The number of fused-ring (bicyclic) bond motifs is 2. The predicted molar refractivity (Wildman–Crippen MR) is 118 cm³/mol. The van der Waals surface area contributed by atoms with Crippen molar-refractivity contribution < 1.29 is 14.3 Å². The zero-order chi connectivity index (χ0) is 20.5. The summed E-state index contributed by atoms with van der Waals surface area (Å²) in [5, 5.41) is 2.02. The molecule has 0 amide bonds. The van der Waals surface area contributed by atoms with E-state index in [0.29, 0.717) is 23.8 Å². The fourth-order valence-electron chi connectivity index (χ4n) is 4.37. The number of hydrogen-bond acceptors (Lipinski definition) is 4. The highest BCUT2D eigenvalue weighted by atomic mass is 16.5. The number of ether oxygens (including phenoxy) is 2. The second-order valence-electron chi connectivity index (χ2n) is 8.24. The monoisotopic (exact) mass is 399 g/mol. The minimum atomic E-state index is 0.186. The van der Waals surface area contributed by atoms with E-state index in [2.05, 4.69) is 36.1 Å². The van der Waals surface area contributed by atoms with Crippen molar-refractivity contribution in [2.75, 3.05) is 19.6 Å². The molecule has 0 bridgehead atoms. The maximum Gasteiger partial charge on any atom is 0.169 e. The van der Waals surface area contributed by atoms with E-state index in [9.17, 15) is 4.79 Å². The Labute approximate surface area is 176 Å². The van der Waals surface area contributed by atoms with Crippen LogP contribution in [0.25, 0.3) is 10.8 Å². The summed E-state index contributed by atoms with van der Waals surface area (Å²) in [6.45, 7) is 5.02. The average molecular weight is 399 g/mol. The van der Waals surface area contributed by atoms with E-state index in [0.717, 1.165) is 42.4 Å². The fraction of sp³-hybridized carbons (Fsp3) is 0.269. The lowest BCUT2D eigenvalue weighted by Crippen LogP contribution is -2.23. The molecule has 1 atom stereocenters. The number of Topliss-reactive ketones (excluding diaryl/α,β-unsaturated/α-hetero) is 1. The Bertz CT molecular complexity index is 1120. The third-order valence-electron chi connectivity index (χ3n) is 6.15. The summed E-state index contributed by atoms with van der Waals surface area (Å²) in [6.07, 6.45) is 4.74. The predicted octanol–water partition coefficient (Wildman–Crippen LogP) is 5.45. The Balaban J connectivity index is 1.22. The number of hydrogen-bond donors (Lipinski definition) is 0. The molecule has 1 fully saturated rings. The van der Waals surface area contributed by atoms with Gasteiger partial charge in [0.25, 0.3) is 0 Å². The van der Waals surface area contributed by atoms with E-state index < -0.39 is 0 Å². The first kappa shape index (κ1) is 18.9. The molecule has 0 N–H and O–H groups in total. The lowest BCUT2D eigenvalue weighted by atomic mass is 9.97. The first-order chi connectivity index (χ1) is 14.7. The molecule has 2 heterocycles. The van der Waals surface area contributed by atoms with Gasteiger partial charge in [-0.05, 0) is 60.3 Å². The molecule has 1 unspecified atom stereocenters. The van der Waals surface area contributed by atoms with Crippen LogP contribution >= 0.6 is 0 Å². The van der Waals surface area contributed by atoms with Crippen LogP contribution in [0.5, 0.6) is 11.5 Å². The molecule has 4 nitrogen and oxygen atoms in total. The van der Waals surface area contributed by atoms with Crippen molar-refractivity contribution in [2.45, 2.75) is 25.7 Å². The molecule has 2 aliphatic rings. The maximum absolute atomic E-state index is 12.8. The summed E-state index contributed by atoms with van der Waals surface area (Å²) in [4.78, 5) is 15.2. The minimum absolute atomic E-state index is 0.186. The number of aryl methyl sites for hydroxylation is 1. The van der Waals surface area contributed by atoms with Crippen molar-refractivity contribution in [3.8, 4) is 11.5 Å². The Morgan fingerprint density at radius 3 is 2.47 bits per heavy atom. The molecule has 1 saturated heterocycles. The van der Waals surface area contributed by atoms with Gasteiger partial charge in [0.05, 0.1) is 0 Å². The number of rotatable bonds is 5. The maximum atomic E-state index is 12.8. The molecule has 0 radical (unpaired) electrons. The van der Waals surface area contributed by atoms with E-state index in [-0.39, 0.29) is 5.78 Å². The van der Waals surface area contributed by atoms with Crippen molar-refractivity contribution >= 4 is 16.6 Å². The Kier molecular flexibility index (Phi) is 5.01. The third kappa shape index (κ3) is 3.83. The van der Waals surface area contributed by atoms with E-state index >= 15 is 0 Å². The molecule has 0 aliphatic carbocycles. The lowest BCUT2D eigenvalue weighted by molar-refractivity contribution is 0.0969. The summed E-state index contributed by atoms with van der Waals surface area (Å²) in [5.74, 6) is 2.13. The van der Waals surface area contributed by atoms with E-state index in [1.165, 1.54) is 23.7 Å². The zero-order valence-electron chi connectivity index (χ0n) is 17.1. The summed E-state index contributed by atoms with van der Waals surface area (Å²) in [7, 11) is 0. The standard InChI is InChI=1S/C26H25NO3/c1-18-2-4-19(5-3-18)22-8-10-27(17-22)11-9-24(28)21-7-6-20-15-25-26(16-23(20)14-21)30-13-12-29-25/h2-7,12-16,22H,8-11,17H2,1H3. The van der Waals surface area contributed by atoms with E-state index in [4.69, 9.17) is 9.47 Å². The van der Waals surface area contributed by atoms with Gasteiger partial charge in [-0.2, -0.15) is 0 Å². The molecule has 5 rings (SSSR count). The second kappa shape index (κ2) is 7.96. The zero-order valence-corrected chi connectivity index (χ0v) is 17.1. The molecular formula is C26H25NO3. The number of benzene rings is 3. The van der Waals surface area contributed by atoms with Crippen molar-refractivity contribution in [3.63, 3.8) is 0 Å². The smallest absolute Gasteiger partial charge is 0.169 e. The molecule has 0 saturated carbocycles. The Hall–Kier alpha value is -3.11. The van der Waals surface area contributed by atoms with Crippen molar-refractivity contribution in [2.24, 2.45) is 0 Å². The average Bonchev–Trinajstić information content (AvgIpc) is 3.25. The molecule has 30 heavy (non-hydrogen) atoms. The van der Waals surface area contributed by atoms with Gasteiger partial charge in [-0.25, -0.2) is 0 Å². The van der Waals surface area contributed by atoms with Gasteiger partial charge >= 0.3 is 0 Å². The molecular weight excluding hydrogens is 374 g/mol. The topological polar surface area (TPSA) is 38.8 Å². The number of likely N-dealkylation sites (tertiary alicyclic amines) is 1. The first-order valence-electron chi connectivity index (χ1n) is 10.5. The van der Waals surface area contributed by atoms with Crippen LogP contribution in [0.2, 0.25) is 0 Å². The van der Waals surface area contributed by atoms with E-state index in [1.54, 1.807) is 0 Å². The molecule has 2 aliphatic heterocycles. The van der Waals surface area contributed by atoms with Gasteiger partial charge in [-0.1, -0.05) is 42.0 Å².